The monoisotopic (exact) mass is 447 g/mol. The molecule has 2 aromatic carbocycles. The molecule has 3 rings (SSSR count). The standard InChI is InChI=1S/C21H23BrClN3O/c1-13-11-21(2,3)26(4)19-10-18(23)14(9-16(13)19)12-24-25-20(27)15-7-5-6-8-17(15)22/h5-10,12-13H,11H2,1-4H3,(H,25,27)/b24-12-. The highest BCUT2D eigenvalue weighted by Gasteiger charge is 2.34. The van der Waals surface area contributed by atoms with Crippen molar-refractivity contribution in [3.8, 4) is 0 Å². The van der Waals surface area contributed by atoms with Crippen molar-refractivity contribution >= 4 is 45.3 Å². The molecule has 2 aromatic rings. The van der Waals surface area contributed by atoms with Crippen LogP contribution >= 0.6 is 27.5 Å². The molecule has 1 amide bonds. The van der Waals surface area contributed by atoms with Crippen molar-refractivity contribution in [2.45, 2.75) is 38.6 Å². The first kappa shape index (κ1) is 19.9. The molecule has 0 saturated carbocycles. The summed E-state index contributed by atoms with van der Waals surface area (Å²) in [6.45, 7) is 6.72. The van der Waals surface area contributed by atoms with Crippen molar-refractivity contribution in [1.82, 2.24) is 5.43 Å². The van der Waals surface area contributed by atoms with E-state index >= 15 is 0 Å². The number of nitrogens with zero attached hydrogens (tertiary/aromatic N) is 2. The second-order valence-corrected chi connectivity index (χ2v) is 8.85. The highest BCUT2D eigenvalue weighted by Crippen LogP contribution is 2.44. The summed E-state index contributed by atoms with van der Waals surface area (Å²) in [6, 6.07) is 11.3. The van der Waals surface area contributed by atoms with Gasteiger partial charge in [-0.05, 0) is 71.9 Å². The van der Waals surface area contributed by atoms with Crippen molar-refractivity contribution in [2.24, 2.45) is 5.10 Å². The molecule has 1 atom stereocenters. The fraction of sp³-hybridized carbons (Fsp3) is 0.333. The first-order valence-corrected chi connectivity index (χ1v) is 10.0. The summed E-state index contributed by atoms with van der Waals surface area (Å²) >= 11 is 9.86. The van der Waals surface area contributed by atoms with Gasteiger partial charge >= 0.3 is 0 Å². The third kappa shape index (κ3) is 4.04. The van der Waals surface area contributed by atoms with Crippen LogP contribution in [0.3, 0.4) is 0 Å². The summed E-state index contributed by atoms with van der Waals surface area (Å²) in [5.74, 6) is 0.146. The third-order valence-electron chi connectivity index (χ3n) is 5.24. The van der Waals surface area contributed by atoms with Gasteiger partial charge in [-0.15, -0.1) is 0 Å². The molecular formula is C21H23BrClN3O. The van der Waals surface area contributed by atoms with Crippen LogP contribution < -0.4 is 10.3 Å². The SMILES string of the molecule is CC1CC(C)(C)N(C)c2cc(Cl)c(/C=N\NC(=O)c3ccccc3Br)cc21. The van der Waals surface area contributed by atoms with Crippen LogP contribution in [0.15, 0.2) is 46.0 Å². The molecule has 142 valence electrons. The topological polar surface area (TPSA) is 44.7 Å². The Morgan fingerprint density at radius 2 is 2.07 bits per heavy atom. The maximum Gasteiger partial charge on any atom is 0.272 e. The average Bonchev–Trinajstić information content (AvgIpc) is 2.60. The van der Waals surface area contributed by atoms with Crippen LogP contribution in [-0.4, -0.2) is 24.7 Å². The Balaban J connectivity index is 1.82. The number of anilines is 1. The fourth-order valence-corrected chi connectivity index (χ4v) is 4.24. The van der Waals surface area contributed by atoms with E-state index in [1.54, 1.807) is 12.3 Å². The molecule has 0 spiro atoms. The lowest BCUT2D eigenvalue weighted by atomic mass is 9.80. The van der Waals surface area contributed by atoms with E-state index < -0.39 is 0 Å². The number of hydrogen-bond donors (Lipinski definition) is 1. The second kappa shape index (κ2) is 7.64. The number of rotatable bonds is 3. The largest absolute Gasteiger partial charge is 0.369 e. The van der Waals surface area contributed by atoms with Crippen LogP contribution in [0.4, 0.5) is 5.69 Å². The van der Waals surface area contributed by atoms with Gasteiger partial charge in [0.05, 0.1) is 16.8 Å². The van der Waals surface area contributed by atoms with E-state index in [1.807, 2.05) is 24.3 Å². The Hall–Kier alpha value is -1.85. The summed E-state index contributed by atoms with van der Waals surface area (Å²) in [4.78, 5) is 14.5. The van der Waals surface area contributed by atoms with E-state index in [-0.39, 0.29) is 11.4 Å². The molecule has 0 aromatic heterocycles. The van der Waals surface area contributed by atoms with E-state index in [0.717, 1.165) is 22.1 Å². The summed E-state index contributed by atoms with van der Waals surface area (Å²) in [5.41, 5.74) is 6.37. The van der Waals surface area contributed by atoms with Crippen LogP contribution in [0.1, 0.15) is 54.6 Å². The van der Waals surface area contributed by atoms with Gasteiger partial charge in [-0.1, -0.05) is 30.7 Å². The summed E-state index contributed by atoms with van der Waals surface area (Å²) in [6.07, 6.45) is 2.66. The molecule has 0 aliphatic carbocycles. The lowest BCUT2D eigenvalue weighted by molar-refractivity contribution is 0.0954. The first-order chi connectivity index (χ1) is 12.7. The van der Waals surface area contributed by atoms with Crippen LogP contribution in [0, 0.1) is 0 Å². The van der Waals surface area contributed by atoms with Crippen LogP contribution in [-0.2, 0) is 0 Å². The lowest BCUT2D eigenvalue weighted by Gasteiger charge is -2.45. The molecule has 0 radical (unpaired) electrons. The molecule has 0 fully saturated rings. The van der Waals surface area contributed by atoms with Crippen LogP contribution in [0.25, 0.3) is 0 Å². The minimum atomic E-state index is -0.275. The average molecular weight is 449 g/mol. The highest BCUT2D eigenvalue weighted by molar-refractivity contribution is 9.10. The van der Waals surface area contributed by atoms with Crippen LogP contribution in [0.2, 0.25) is 5.02 Å². The zero-order valence-corrected chi connectivity index (χ0v) is 18.2. The van der Waals surface area contributed by atoms with Gasteiger partial charge in [0.2, 0.25) is 0 Å². The number of fused-ring (bicyclic) bond motifs is 1. The van der Waals surface area contributed by atoms with Crippen molar-refractivity contribution in [3.63, 3.8) is 0 Å². The predicted molar refractivity (Wildman–Crippen MR) is 116 cm³/mol. The van der Waals surface area contributed by atoms with Gasteiger partial charge in [0, 0.05) is 28.3 Å². The first-order valence-electron chi connectivity index (χ1n) is 8.86. The van der Waals surface area contributed by atoms with Gasteiger partial charge in [0.25, 0.3) is 5.91 Å². The molecule has 1 aliphatic heterocycles. The maximum atomic E-state index is 12.2. The molecule has 6 heteroatoms. The highest BCUT2D eigenvalue weighted by atomic mass is 79.9. The molecule has 1 N–H and O–H groups in total. The summed E-state index contributed by atoms with van der Waals surface area (Å²) in [7, 11) is 2.10. The Morgan fingerprint density at radius 1 is 1.37 bits per heavy atom. The maximum absolute atomic E-state index is 12.2. The van der Waals surface area contributed by atoms with Gasteiger partial charge in [0.15, 0.2) is 0 Å². The quantitative estimate of drug-likeness (QED) is 0.491. The second-order valence-electron chi connectivity index (χ2n) is 7.59. The third-order valence-corrected chi connectivity index (χ3v) is 6.26. The van der Waals surface area contributed by atoms with Crippen molar-refractivity contribution < 1.29 is 4.79 Å². The fourth-order valence-electron chi connectivity index (χ4n) is 3.57. The van der Waals surface area contributed by atoms with Gasteiger partial charge in [0.1, 0.15) is 0 Å². The number of hydrogen-bond acceptors (Lipinski definition) is 3. The molecule has 27 heavy (non-hydrogen) atoms. The van der Waals surface area contributed by atoms with Gasteiger partial charge < -0.3 is 4.90 Å². The number of halogens is 2. The smallest absolute Gasteiger partial charge is 0.272 e. The Kier molecular flexibility index (Phi) is 5.63. The number of carbonyl (C=O) groups is 1. The number of benzene rings is 2. The molecule has 1 heterocycles. The van der Waals surface area contributed by atoms with E-state index in [1.165, 1.54) is 5.56 Å². The van der Waals surface area contributed by atoms with E-state index in [0.29, 0.717) is 16.5 Å². The van der Waals surface area contributed by atoms with E-state index in [2.05, 4.69) is 65.2 Å². The summed E-state index contributed by atoms with van der Waals surface area (Å²) < 4.78 is 0.726. The van der Waals surface area contributed by atoms with Crippen molar-refractivity contribution in [1.29, 1.82) is 0 Å². The Bertz CT molecular complexity index is 910. The Labute approximate surface area is 173 Å². The number of carbonyl (C=O) groups excluding carboxylic acids is 1. The predicted octanol–water partition coefficient (Wildman–Crippen LogP) is 5.59. The van der Waals surface area contributed by atoms with Gasteiger partial charge in [-0.25, -0.2) is 5.43 Å². The number of amides is 1. The molecule has 0 saturated heterocycles. The molecular weight excluding hydrogens is 426 g/mol. The number of nitrogens with one attached hydrogen (secondary N) is 1. The minimum absolute atomic E-state index is 0.0857. The molecule has 4 nitrogen and oxygen atoms in total. The van der Waals surface area contributed by atoms with E-state index in [9.17, 15) is 4.79 Å². The molecule has 1 unspecified atom stereocenters. The van der Waals surface area contributed by atoms with Crippen molar-refractivity contribution in [3.05, 3.63) is 62.6 Å². The van der Waals surface area contributed by atoms with Crippen molar-refractivity contribution in [2.75, 3.05) is 11.9 Å². The molecule has 1 aliphatic rings. The van der Waals surface area contributed by atoms with E-state index in [4.69, 9.17) is 11.6 Å². The zero-order valence-electron chi connectivity index (χ0n) is 15.9. The Morgan fingerprint density at radius 3 is 2.78 bits per heavy atom. The molecule has 0 bridgehead atoms. The zero-order chi connectivity index (χ0) is 19.8. The van der Waals surface area contributed by atoms with Gasteiger partial charge in [-0.2, -0.15) is 5.10 Å². The number of hydrazone groups is 1. The normalized spacial score (nSPS) is 18.4. The minimum Gasteiger partial charge on any atom is -0.369 e. The lowest BCUT2D eigenvalue weighted by Crippen LogP contribution is -2.45. The van der Waals surface area contributed by atoms with Gasteiger partial charge in [-0.3, -0.25) is 4.79 Å². The summed E-state index contributed by atoms with van der Waals surface area (Å²) in [5, 5.41) is 4.71. The van der Waals surface area contributed by atoms with Crippen LogP contribution in [0.5, 0.6) is 0 Å².